The SMILES string of the molecule is C=C1C[C@H](n2cnc3c(N)ncnc32)[C@@H]1CO. The molecule has 0 unspecified atom stereocenters. The van der Waals surface area contributed by atoms with Gasteiger partial charge in [0, 0.05) is 12.0 Å². The highest BCUT2D eigenvalue weighted by atomic mass is 16.3. The van der Waals surface area contributed by atoms with Gasteiger partial charge in [-0.15, -0.1) is 0 Å². The van der Waals surface area contributed by atoms with Gasteiger partial charge in [0.1, 0.15) is 11.8 Å². The van der Waals surface area contributed by atoms with E-state index in [1.807, 2.05) is 4.57 Å². The minimum Gasteiger partial charge on any atom is -0.396 e. The number of nitrogens with two attached hydrogens (primary N) is 1. The monoisotopic (exact) mass is 231 g/mol. The maximum Gasteiger partial charge on any atom is 0.165 e. The summed E-state index contributed by atoms with van der Waals surface area (Å²) in [6.07, 6.45) is 3.98. The van der Waals surface area contributed by atoms with Crippen molar-refractivity contribution in [2.75, 3.05) is 12.3 Å². The van der Waals surface area contributed by atoms with Crippen LogP contribution in [0.15, 0.2) is 24.8 Å². The Morgan fingerprint density at radius 3 is 3.00 bits per heavy atom. The Morgan fingerprint density at radius 2 is 2.29 bits per heavy atom. The predicted octanol–water partition coefficient (Wildman–Crippen LogP) is 0.518. The first-order valence-corrected chi connectivity index (χ1v) is 5.44. The number of hydrogen-bond acceptors (Lipinski definition) is 5. The Kier molecular flexibility index (Phi) is 2.12. The number of imidazole rings is 1. The van der Waals surface area contributed by atoms with Crippen LogP contribution in [0.25, 0.3) is 11.2 Å². The molecule has 88 valence electrons. The first-order valence-electron chi connectivity index (χ1n) is 5.44. The number of nitrogen functional groups attached to an aromatic ring is 1. The van der Waals surface area contributed by atoms with Crippen LogP contribution in [0.5, 0.6) is 0 Å². The molecule has 0 spiro atoms. The minimum absolute atomic E-state index is 0.0867. The van der Waals surface area contributed by atoms with Crippen LogP contribution < -0.4 is 5.73 Å². The summed E-state index contributed by atoms with van der Waals surface area (Å²) >= 11 is 0. The molecule has 0 amide bonds. The fraction of sp³-hybridized carbons (Fsp3) is 0.364. The van der Waals surface area contributed by atoms with Crippen LogP contribution in [0.4, 0.5) is 5.82 Å². The van der Waals surface area contributed by atoms with Crippen molar-refractivity contribution in [2.24, 2.45) is 5.92 Å². The summed E-state index contributed by atoms with van der Waals surface area (Å²) in [6, 6.07) is 0.173. The molecule has 0 radical (unpaired) electrons. The van der Waals surface area contributed by atoms with Gasteiger partial charge in [-0.2, -0.15) is 0 Å². The third kappa shape index (κ3) is 1.34. The lowest BCUT2D eigenvalue weighted by molar-refractivity contribution is 0.158. The molecule has 0 aromatic carbocycles. The van der Waals surface area contributed by atoms with Gasteiger partial charge in [0.05, 0.1) is 12.9 Å². The van der Waals surface area contributed by atoms with E-state index in [1.54, 1.807) is 6.33 Å². The van der Waals surface area contributed by atoms with Gasteiger partial charge in [-0.3, -0.25) is 0 Å². The molecule has 17 heavy (non-hydrogen) atoms. The first kappa shape index (κ1) is 10.2. The van der Waals surface area contributed by atoms with Crippen molar-refractivity contribution in [2.45, 2.75) is 12.5 Å². The maximum absolute atomic E-state index is 9.30. The van der Waals surface area contributed by atoms with Gasteiger partial charge in [-0.1, -0.05) is 12.2 Å². The Labute approximate surface area is 97.8 Å². The number of rotatable bonds is 2. The number of fused-ring (bicyclic) bond motifs is 1. The molecular weight excluding hydrogens is 218 g/mol. The van der Waals surface area contributed by atoms with E-state index in [0.717, 1.165) is 12.0 Å². The number of aliphatic hydroxyl groups excluding tert-OH is 1. The molecule has 6 nitrogen and oxygen atoms in total. The highest BCUT2D eigenvalue weighted by Crippen LogP contribution is 2.43. The Bertz CT molecular complexity index is 591. The highest BCUT2D eigenvalue weighted by Gasteiger charge is 2.36. The minimum atomic E-state index is 0.0867. The summed E-state index contributed by atoms with van der Waals surface area (Å²) in [4.78, 5) is 12.3. The zero-order chi connectivity index (χ0) is 12.0. The van der Waals surface area contributed by atoms with E-state index in [-0.39, 0.29) is 18.6 Å². The molecule has 2 aromatic heterocycles. The lowest BCUT2D eigenvalue weighted by atomic mass is 9.75. The van der Waals surface area contributed by atoms with Crippen LogP contribution in [-0.2, 0) is 0 Å². The van der Waals surface area contributed by atoms with E-state index in [9.17, 15) is 5.11 Å². The number of aliphatic hydroxyl groups is 1. The van der Waals surface area contributed by atoms with Gasteiger partial charge in [-0.25, -0.2) is 15.0 Å². The van der Waals surface area contributed by atoms with Crippen molar-refractivity contribution in [3.8, 4) is 0 Å². The zero-order valence-corrected chi connectivity index (χ0v) is 9.24. The average Bonchev–Trinajstić information content (AvgIpc) is 2.71. The van der Waals surface area contributed by atoms with Gasteiger partial charge in [-0.05, 0) is 6.42 Å². The van der Waals surface area contributed by atoms with E-state index in [4.69, 9.17) is 5.73 Å². The van der Waals surface area contributed by atoms with E-state index in [0.29, 0.717) is 17.0 Å². The summed E-state index contributed by atoms with van der Waals surface area (Å²) in [5.41, 5.74) is 8.13. The average molecular weight is 231 g/mol. The van der Waals surface area contributed by atoms with Gasteiger partial charge in [0.25, 0.3) is 0 Å². The second kappa shape index (κ2) is 3.53. The van der Waals surface area contributed by atoms with Gasteiger partial charge in [0.15, 0.2) is 11.5 Å². The van der Waals surface area contributed by atoms with Crippen molar-refractivity contribution in [3.05, 3.63) is 24.8 Å². The van der Waals surface area contributed by atoms with Gasteiger partial charge in [0.2, 0.25) is 0 Å². The van der Waals surface area contributed by atoms with E-state index in [1.165, 1.54) is 6.33 Å². The molecule has 3 rings (SSSR count). The summed E-state index contributed by atoms with van der Waals surface area (Å²) in [6.45, 7) is 4.02. The van der Waals surface area contributed by atoms with Crippen LogP contribution >= 0.6 is 0 Å². The molecule has 0 aliphatic heterocycles. The molecule has 1 aliphatic rings. The lowest BCUT2D eigenvalue weighted by Crippen LogP contribution is -2.33. The summed E-state index contributed by atoms with van der Waals surface area (Å²) in [5, 5.41) is 9.30. The third-order valence-corrected chi connectivity index (χ3v) is 3.40. The Balaban J connectivity index is 2.07. The van der Waals surface area contributed by atoms with Crippen LogP contribution in [0.1, 0.15) is 12.5 Å². The molecule has 2 aromatic rings. The summed E-state index contributed by atoms with van der Waals surface area (Å²) in [5.74, 6) is 0.469. The molecular formula is C11H13N5O. The number of anilines is 1. The lowest BCUT2D eigenvalue weighted by Gasteiger charge is -2.38. The fourth-order valence-electron chi connectivity index (χ4n) is 2.33. The Morgan fingerprint density at radius 1 is 1.47 bits per heavy atom. The molecule has 6 heteroatoms. The number of aromatic nitrogens is 4. The van der Waals surface area contributed by atoms with Crippen LogP contribution in [0.3, 0.4) is 0 Å². The van der Waals surface area contributed by atoms with Gasteiger partial charge >= 0.3 is 0 Å². The second-order valence-corrected chi connectivity index (χ2v) is 4.30. The van der Waals surface area contributed by atoms with Crippen molar-refractivity contribution in [1.29, 1.82) is 0 Å². The van der Waals surface area contributed by atoms with E-state index < -0.39 is 0 Å². The molecule has 3 N–H and O–H groups in total. The molecule has 2 atom stereocenters. The molecule has 1 saturated carbocycles. The second-order valence-electron chi connectivity index (χ2n) is 4.30. The first-order chi connectivity index (χ1) is 8.22. The van der Waals surface area contributed by atoms with E-state index in [2.05, 4.69) is 21.5 Å². The van der Waals surface area contributed by atoms with Crippen LogP contribution in [0.2, 0.25) is 0 Å². The maximum atomic E-state index is 9.30. The summed E-state index contributed by atoms with van der Waals surface area (Å²) in [7, 11) is 0. The van der Waals surface area contributed by atoms with Crippen molar-refractivity contribution < 1.29 is 5.11 Å². The molecule has 0 saturated heterocycles. The van der Waals surface area contributed by atoms with E-state index >= 15 is 0 Å². The van der Waals surface area contributed by atoms with Crippen molar-refractivity contribution >= 4 is 17.0 Å². The molecule has 0 bridgehead atoms. The highest BCUT2D eigenvalue weighted by molar-refractivity contribution is 5.81. The standard InChI is InChI=1S/C11H13N5O/c1-6-2-8(7(6)3-17)16-5-15-9-10(12)13-4-14-11(9)16/h4-5,7-8,17H,1-3H2,(H2,12,13,14)/t7-,8+/m1/s1. The topological polar surface area (TPSA) is 89.9 Å². The molecule has 1 fully saturated rings. The Hall–Kier alpha value is -1.95. The normalized spacial score (nSPS) is 23.9. The van der Waals surface area contributed by atoms with Crippen LogP contribution in [-0.4, -0.2) is 31.2 Å². The predicted molar refractivity (Wildman–Crippen MR) is 63.1 cm³/mol. The molecule has 1 aliphatic carbocycles. The fourth-order valence-corrected chi connectivity index (χ4v) is 2.33. The van der Waals surface area contributed by atoms with Crippen LogP contribution in [0, 0.1) is 5.92 Å². The third-order valence-electron chi connectivity index (χ3n) is 3.40. The smallest absolute Gasteiger partial charge is 0.165 e. The summed E-state index contributed by atoms with van der Waals surface area (Å²) < 4.78 is 1.95. The number of nitrogens with zero attached hydrogens (tertiary/aromatic N) is 4. The van der Waals surface area contributed by atoms with Gasteiger partial charge < -0.3 is 15.4 Å². The largest absolute Gasteiger partial charge is 0.396 e. The van der Waals surface area contributed by atoms with Crippen molar-refractivity contribution in [3.63, 3.8) is 0 Å². The molecule has 2 heterocycles. The quantitative estimate of drug-likeness (QED) is 0.735. The zero-order valence-electron chi connectivity index (χ0n) is 9.24. The number of hydrogen-bond donors (Lipinski definition) is 2. The van der Waals surface area contributed by atoms with Crippen molar-refractivity contribution in [1.82, 2.24) is 19.5 Å².